The normalized spacial score (nSPS) is 12.6. The van der Waals surface area contributed by atoms with Crippen LogP contribution in [0.1, 0.15) is 40.9 Å². The Morgan fingerprint density at radius 3 is 2.72 bits per heavy atom. The molecule has 0 unspecified atom stereocenters. The van der Waals surface area contributed by atoms with Crippen LogP contribution in [0.25, 0.3) is 0 Å². The first-order chi connectivity index (χ1) is 15.2. The minimum absolute atomic E-state index is 0.0755. The van der Waals surface area contributed by atoms with Crippen LogP contribution in [-0.2, 0) is 24.9 Å². The lowest BCUT2D eigenvalue weighted by Gasteiger charge is -2.23. The molecule has 8 heteroatoms. The third-order valence-corrected chi connectivity index (χ3v) is 5.56. The fraction of sp³-hybridized carbons (Fsp3) is 0.292. The van der Waals surface area contributed by atoms with Crippen molar-refractivity contribution >= 4 is 29.0 Å². The van der Waals surface area contributed by atoms with Crippen LogP contribution in [0.4, 0.5) is 21.6 Å². The number of carbonyl (C=O) groups is 2. The molecular weight excluding hydrogens is 409 g/mol. The number of nitrogens with zero attached hydrogens (tertiary/aromatic N) is 3. The molecule has 4 rings (SSSR count). The molecule has 0 radical (unpaired) electrons. The second-order valence-electron chi connectivity index (χ2n) is 8.36. The second kappa shape index (κ2) is 8.45. The predicted octanol–water partition coefficient (Wildman–Crippen LogP) is 4.04. The van der Waals surface area contributed by atoms with Crippen molar-refractivity contribution in [3.8, 4) is 0 Å². The van der Waals surface area contributed by atoms with Crippen LogP contribution >= 0.6 is 0 Å². The molecule has 2 amide bonds. The zero-order valence-corrected chi connectivity index (χ0v) is 18.6. The highest BCUT2D eigenvalue weighted by molar-refractivity contribution is 6.08. The molecule has 2 heterocycles. The number of halogens is 1. The average Bonchev–Trinajstić information content (AvgIpc) is 3.00. The van der Waals surface area contributed by atoms with E-state index in [4.69, 9.17) is 0 Å². The molecule has 0 atom stereocenters. The number of aromatic nitrogens is 2. The summed E-state index contributed by atoms with van der Waals surface area (Å²) in [7, 11) is 1.84. The van der Waals surface area contributed by atoms with Gasteiger partial charge in [0.25, 0.3) is 5.91 Å². The van der Waals surface area contributed by atoms with Crippen molar-refractivity contribution in [1.29, 1.82) is 0 Å². The first kappa shape index (κ1) is 21.5. The van der Waals surface area contributed by atoms with Gasteiger partial charge in [-0.25, -0.2) is 4.39 Å². The standard InChI is InChI=1S/C24H26FN5O2/c1-14(2)23(31)26-11-17-7-6-16(10-19(17)25)24(32)30-13-18-12-27-29(4)22(18)28-20-9-15(3)5-8-21(20)30/h5-10,12,14,28H,11,13H2,1-4H3,(H,26,31). The van der Waals surface area contributed by atoms with Crippen LogP contribution in [0.2, 0.25) is 0 Å². The Morgan fingerprint density at radius 2 is 2.00 bits per heavy atom. The van der Waals surface area contributed by atoms with Crippen LogP contribution in [0.5, 0.6) is 0 Å². The van der Waals surface area contributed by atoms with Crippen LogP contribution in [0.3, 0.4) is 0 Å². The lowest BCUT2D eigenvalue weighted by molar-refractivity contribution is -0.124. The Bertz CT molecular complexity index is 1200. The lowest BCUT2D eigenvalue weighted by Crippen LogP contribution is -2.30. The van der Waals surface area contributed by atoms with Gasteiger partial charge in [0.2, 0.25) is 5.91 Å². The van der Waals surface area contributed by atoms with Gasteiger partial charge >= 0.3 is 0 Å². The van der Waals surface area contributed by atoms with Gasteiger partial charge in [-0.2, -0.15) is 5.10 Å². The van der Waals surface area contributed by atoms with Crippen molar-refractivity contribution < 1.29 is 14.0 Å². The maximum absolute atomic E-state index is 14.8. The van der Waals surface area contributed by atoms with Crippen LogP contribution in [0.15, 0.2) is 42.6 Å². The molecule has 0 spiro atoms. The van der Waals surface area contributed by atoms with Crippen molar-refractivity contribution in [2.45, 2.75) is 33.9 Å². The number of hydrogen-bond donors (Lipinski definition) is 2. The molecule has 2 aromatic carbocycles. The highest BCUT2D eigenvalue weighted by Crippen LogP contribution is 2.37. The number of carbonyl (C=O) groups excluding carboxylic acids is 2. The summed E-state index contributed by atoms with van der Waals surface area (Å²) in [4.78, 5) is 26.9. The van der Waals surface area contributed by atoms with Gasteiger partial charge in [0.1, 0.15) is 11.6 Å². The zero-order chi connectivity index (χ0) is 23.0. The van der Waals surface area contributed by atoms with Gasteiger partial charge in [0.15, 0.2) is 0 Å². The van der Waals surface area contributed by atoms with Gasteiger partial charge in [-0.1, -0.05) is 26.0 Å². The maximum atomic E-state index is 14.8. The number of rotatable bonds is 4. The van der Waals surface area contributed by atoms with Crippen molar-refractivity contribution in [2.75, 3.05) is 10.2 Å². The van der Waals surface area contributed by atoms with Crippen LogP contribution in [-0.4, -0.2) is 21.6 Å². The van der Waals surface area contributed by atoms with E-state index in [-0.39, 0.29) is 29.8 Å². The van der Waals surface area contributed by atoms with Crippen LogP contribution in [0, 0.1) is 18.7 Å². The number of anilines is 3. The molecule has 0 bridgehead atoms. The summed E-state index contributed by atoms with van der Waals surface area (Å²) in [5, 5.41) is 10.4. The second-order valence-corrected chi connectivity index (χ2v) is 8.36. The number of fused-ring (bicyclic) bond motifs is 2. The average molecular weight is 436 g/mol. The molecule has 2 N–H and O–H groups in total. The fourth-order valence-corrected chi connectivity index (χ4v) is 3.68. The summed E-state index contributed by atoms with van der Waals surface area (Å²) in [6.07, 6.45) is 1.72. The van der Waals surface area contributed by atoms with Gasteiger partial charge in [-0.05, 0) is 36.8 Å². The minimum Gasteiger partial charge on any atom is -0.352 e. The molecule has 1 aliphatic heterocycles. The zero-order valence-electron chi connectivity index (χ0n) is 18.6. The lowest BCUT2D eigenvalue weighted by atomic mass is 10.1. The van der Waals surface area contributed by atoms with E-state index in [0.29, 0.717) is 17.8 Å². The van der Waals surface area contributed by atoms with Gasteiger partial charge in [-0.3, -0.25) is 14.3 Å². The summed E-state index contributed by atoms with van der Waals surface area (Å²) >= 11 is 0. The molecule has 0 fully saturated rings. The van der Waals surface area contributed by atoms with Crippen molar-refractivity contribution in [2.24, 2.45) is 13.0 Å². The van der Waals surface area contributed by atoms with E-state index in [0.717, 1.165) is 22.6 Å². The summed E-state index contributed by atoms with van der Waals surface area (Å²) in [6.45, 7) is 5.91. The molecule has 0 saturated heterocycles. The highest BCUT2D eigenvalue weighted by Gasteiger charge is 2.27. The minimum atomic E-state index is -0.529. The Morgan fingerprint density at radius 1 is 1.22 bits per heavy atom. The molecular formula is C24H26FN5O2. The third kappa shape index (κ3) is 4.08. The molecule has 0 aliphatic carbocycles. The largest absolute Gasteiger partial charge is 0.352 e. The Hall–Kier alpha value is -3.68. The molecule has 166 valence electrons. The third-order valence-electron chi connectivity index (χ3n) is 5.56. The molecule has 3 aromatic rings. The van der Waals surface area contributed by atoms with E-state index in [1.165, 1.54) is 6.07 Å². The quantitative estimate of drug-likeness (QED) is 0.648. The van der Waals surface area contributed by atoms with Crippen molar-refractivity contribution in [3.63, 3.8) is 0 Å². The number of aryl methyl sites for hydroxylation is 2. The van der Waals surface area contributed by atoms with E-state index in [2.05, 4.69) is 15.7 Å². The van der Waals surface area contributed by atoms with E-state index in [1.54, 1.807) is 41.8 Å². The topological polar surface area (TPSA) is 79.3 Å². The Balaban J connectivity index is 1.65. The van der Waals surface area contributed by atoms with Gasteiger partial charge in [-0.15, -0.1) is 0 Å². The van der Waals surface area contributed by atoms with Gasteiger partial charge in [0, 0.05) is 36.2 Å². The summed E-state index contributed by atoms with van der Waals surface area (Å²) in [5.41, 5.74) is 3.98. The summed E-state index contributed by atoms with van der Waals surface area (Å²) < 4.78 is 16.5. The smallest absolute Gasteiger partial charge is 0.258 e. The van der Waals surface area contributed by atoms with E-state index >= 15 is 0 Å². The fourth-order valence-electron chi connectivity index (χ4n) is 3.68. The number of nitrogens with one attached hydrogen (secondary N) is 2. The van der Waals surface area contributed by atoms with Gasteiger partial charge in [0.05, 0.1) is 24.1 Å². The van der Waals surface area contributed by atoms with Crippen LogP contribution < -0.4 is 15.5 Å². The number of amides is 2. The van der Waals surface area contributed by atoms with Crippen molar-refractivity contribution in [1.82, 2.24) is 15.1 Å². The van der Waals surface area contributed by atoms with Crippen molar-refractivity contribution in [3.05, 3.63) is 70.7 Å². The monoisotopic (exact) mass is 435 g/mol. The highest BCUT2D eigenvalue weighted by atomic mass is 19.1. The molecule has 32 heavy (non-hydrogen) atoms. The first-order valence-electron chi connectivity index (χ1n) is 10.5. The predicted molar refractivity (Wildman–Crippen MR) is 121 cm³/mol. The van der Waals surface area contributed by atoms with Gasteiger partial charge < -0.3 is 15.5 Å². The Kier molecular flexibility index (Phi) is 5.69. The molecule has 7 nitrogen and oxygen atoms in total. The first-order valence-corrected chi connectivity index (χ1v) is 10.5. The molecule has 1 aromatic heterocycles. The summed E-state index contributed by atoms with van der Waals surface area (Å²) in [5.74, 6) is -0.365. The Labute approximate surface area is 186 Å². The van der Waals surface area contributed by atoms with E-state index < -0.39 is 5.82 Å². The van der Waals surface area contributed by atoms with E-state index in [1.807, 2.05) is 32.2 Å². The summed E-state index contributed by atoms with van der Waals surface area (Å²) in [6, 6.07) is 10.2. The van der Waals surface area contributed by atoms with E-state index in [9.17, 15) is 14.0 Å². The number of hydrogen-bond acceptors (Lipinski definition) is 4. The maximum Gasteiger partial charge on any atom is 0.258 e. The SMILES string of the molecule is Cc1ccc2c(c1)Nc1c(cnn1C)CN2C(=O)c1ccc(CNC(=O)C(C)C)c(F)c1. The number of benzene rings is 2. The molecule has 0 saturated carbocycles. The molecule has 1 aliphatic rings.